The predicted molar refractivity (Wildman–Crippen MR) is 93.1 cm³/mol. The quantitative estimate of drug-likeness (QED) is 0.759. The highest BCUT2D eigenvalue weighted by Crippen LogP contribution is 2.42. The Kier molecular flexibility index (Phi) is 3.15. The van der Waals surface area contributed by atoms with Gasteiger partial charge in [0.25, 0.3) is 0 Å². The van der Waals surface area contributed by atoms with Crippen molar-refractivity contribution in [2.45, 2.75) is 26.2 Å². The van der Waals surface area contributed by atoms with Gasteiger partial charge in [-0.3, -0.25) is 0 Å². The standard InChI is InChI=1S/C21H21N/c1-14-8-3-4-9-16(14)21-15(2)17-10-5-6-11-18(17)19-12-7-13-20(21)22-19/h3-7,9-15,22H,8H2,1-2H3. The lowest BCUT2D eigenvalue weighted by Crippen LogP contribution is -2.16. The molecule has 110 valence electrons. The Bertz CT molecular complexity index is 771. The van der Waals surface area contributed by atoms with Gasteiger partial charge in [-0.15, -0.1) is 0 Å². The van der Waals surface area contributed by atoms with Crippen LogP contribution in [0.4, 0.5) is 0 Å². The van der Waals surface area contributed by atoms with Crippen LogP contribution < -0.4 is 5.32 Å². The fraction of sp³-hybridized carbons (Fsp3) is 0.238. The Labute approximate surface area is 132 Å². The topological polar surface area (TPSA) is 12.0 Å². The van der Waals surface area contributed by atoms with Gasteiger partial charge in [0.05, 0.1) is 0 Å². The Hall–Kier alpha value is -2.28. The highest BCUT2D eigenvalue weighted by molar-refractivity contribution is 5.76. The van der Waals surface area contributed by atoms with Crippen molar-refractivity contribution in [1.29, 1.82) is 0 Å². The van der Waals surface area contributed by atoms with Crippen molar-refractivity contribution in [3.63, 3.8) is 0 Å². The number of nitrogens with one attached hydrogen (secondary N) is 1. The highest BCUT2D eigenvalue weighted by atomic mass is 14.9. The van der Waals surface area contributed by atoms with Gasteiger partial charge in [0.2, 0.25) is 0 Å². The minimum absolute atomic E-state index is 0.396. The van der Waals surface area contributed by atoms with Crippen LogP contribution in [0.1, 0.15) is 37.3 Å². The zero-order valence-corrected chi connectivity index (χ0v) is 13.1. The largest absolute Gasteiger partial charge is 0.355 e. The van der Waals surface area contributed by atoms with E-state index in [2.05, 4.69) is 79.9 Å². The predicted octanol–water partition coefficient (Wildman–Crippen LogP) is 5.08. The van der Waals surface area contributed by atoms with Gasteiger partial charge in [-0.05, 0) is 41.2 Å². The smallest absolute Gasteiger partial charge is 0.0460 e. The maximum Gasteiger partial charge on any atom is 0.0460 e. The van der Waals surface area contributed by atoms with E-state index in [1.165, 1.54) is 33.7 Å². The zero-order chi connectivity index (χ0) is 15.1. The molecule has 1 nitrogen and oxygen atoms in total. The van der Waals surface area contributed by atoms with Crippen LogP contribution in [0.15, 0.2) is 77.6 Å². The third-order valence-corrected chi connectivity index (χ3v) is 4.98. The van der Waals surface area contributed by atoms with Crippen LogP contribution in [0, 0.1) is 5.92 Å². The molecule has 0 saturated carbocycles. The average molecular weight is 287 g/mol. The van der Waals surface area contributed by atoms with Crippen molar-refractivity contribution in [2.24, 2.45) is 5.92 Å². The molecule has 1 N–H and O–H groups in total. The molecular weight excluding hydrogens is 266 g/mol. The summed E-state index contributed by atoms with van der Waals surface area (Å²) in [6.45, 7) is 4.67. The fourth-order valence-electron chi connectivity index (χ4n) is 3.80. The van der Waals surface area contributed by atoms with E-state index in [4.69, 9.17) is 0 Å². The molecule has 0 amide bonds. The fourth-order valence-corrected chi connectivity index (χ4v) is 3.80. The van der Waals surface area contributed by atoms with Crippen molar-refractivity contribution < 1.29 is 0 Å². The third kappa shape index (κ3) is 2.00. The minimum atomic E-state index is 0.396. The first kappa shape index (κ1) is 13.4. The van der Waals surface area contributed by atoms with Crippen molar-refractivity contribution in [2.75, 3.05) is 0 Å². The third-order valence-electron chi connectivity index (χ3n) is 4.98. The molecular formula is C21H21N. The summed E-state index contributed by atoms with van der Waals surface area (Å²) in [7, 11) is 0. The second-order valence-corrected chi connectivity index (χ2v) is 6.39. The molecule has 2 heterocycles. The molecule has 0 saturated heterocycles. The molecule has 2 atom stereocenters. The van der Waals surface area contributed by atoms with Crippen LogP contribution >= 0.6 is 0 Å². The molecule has 4 rings (SSSR count). The van der Waals surface area contributed by atoms with Crippen LogP contribution in [-0.2, 0) is 0 Å². The SMILES string of the molecule is CC1CC=CC=C1C1=C2C=CC=C(N2)c2ccccc2C1C. The second kappa shape index (κ2) is 5.17. The number of rotatable bonds is 1. The van der Waals surface area contributed by atoms with Gasteiger partial charge in [-0.2, -0.15) is 0 Å². The van der Waals surface area contributed by atoms with E-state index in [9.17, 15) is 0 Å². The van der Waals surface area contributed by atoms with E-state index < -0.39 is 0 Å². The van der Waals surface area contributed by atoms with Crippen LogP contribution in [0.5, 0.6) is 0 Å². The van der Waals surface area contributed by atoms with Crippen LogP contribution in [0.25, 0.3) is 5.70 Å². The summed E-state index contributed by atoms with van der Waals surface area (Å²) in [5.74, 6) is 0.970. The number of allylic oxidation sites excluding steroid dienone is 8. The first-order valence-electron chi connectivity index (χ1n) is 8.11. The summed E-state index contributed by atoms with van der Waals surface area (Å²) >= 11 is 0. The van der Waals surface area contributed by atoms with Gasteiger partial charge in [0, 0.05) is 22.9 Å². The molecule has 1 aliphatic carbocycles. The van der Waals surface area contributed by atoms with E-state index in [1.54, 1.807) is 0 Å². The van der Waals surface area contributed by atoms with Gasteiger partial charge in [-0.1, -0.05) is 62.4 Å². The molecule has 0 fully saturated rings. The first-order chi connectivity index (χ1) is 10.8. The molecule has 3 aliphatic rings. The van der Waals surface area contributed by atoms with Crippen molar-refractivity contribution in [3.8, 4) is 0 Å². The Balaban J connectivity index is 1.95. The normalized spacial score (nSPS) is 25.9. The van der Waals surface area contributed by atoms with E-state index in [-0.39, 0.29) is 0 Å². The molecule has 2 unspecified atom stereocenters. The van der Waals surface area contributed by atoms with Gasteiger partial charge in [0.1, 0.15) is 0 Å². The molecule has 0 spiro atoms. The van der Waals surface area contributed by atoms with Crippen LogP contribution in [-0.4, -0.2) is 0 Å². The minimum Gasteiger partial charge on any atom is -0.355 e. The monoisotopic (exact) mass is 287 g/mol. The Morgan fingerprint density at radius 2 is 1.91 bits per heavy atom. The number of dihydropyridines is 1. The maximum atomic E-state index is 3.66. The molecule has 1 aromatic rings. The first-order valence-corrected chi connectivity index (χ1v) is 8.11. The maximum absolute atomic E-state index is 3.66. The summed E-state index contributed by atoms with van der Waals surface area (Å²) in [5.41, 5.74) is 8.14. The van der Waals surface area contributed by atoms with Gasteiger partial charge in [-0.25, -0.2) is 0 Å². The average Bonchev–Trinajstić information content (AvgIpc) is 2.64. The van der Waals surface area contributed by atoms with Gasteiger partial charge in [0.15, 0.2) is 0 Å². The van der Waals surface area contributed by atoms with Crippen molar-refractivity contribution in [3.05, 3.63) is 88.7 Å². The lowest BCUT2D eigenvalue weighted by atomic mass is 9.79. The zero-order valence-electron chi connectivity index (χ0n) is 13.1. The van der Waals surface area contributed by atoms with E-state index in [1.807, 2.05) is 0 Å². The molecule has 0 radical (unpaired) electrons. The Morgan fingerprint density at radius 3 is 2.77 bits per heavy atom. The van der Waals surface area contributed by atoms with E-state index in [0.717, 1.165) is 6.42 Å². The lowest BCUT2D eigenvalue weighted by molar-refractivity contribution is 0.672. The van der Waals surface area contributed by atoms with Crippen molar-refractivity contribution >= 4 is 5.70 Å². The summed E-state index contributed by atoms with van der Waals surface area (Å²) in [6, 6.07) is 8.78. The molecule has 22 heavy (non-hydrogen) atoms. The summed E-state index contributed by atoms with van der Waals surface area (Å²) < 4.78 is 0. The number of benzene rings is 1. The number of hydrogen-bond acceptors (Lipinski definition) is 1. The van der Waals surface area contributed by atoms with Gasteiger partial charge >= 0.3 is 0 Å². The lowest BCUT2D eigenvalue weighted by Gasteiger charge is -2.26. The molecule has 0 aromatic heterocycles. The highest BCUT2D eigenvalue weighted by Gasteiger charge is 2.28. The van der Waals surface area contributed by atoms with E-state index in [0.29, 0.717) is 11.8 Å². The number of fused-ring (bicyclic) bond motifs is 4. The molecule has 1 aromatic carbocycles. The van der Waals surface area contributed by atoms with E-state index >= 15 is 0 Å². The van der Waals surface area contributed by atoms with Crippen LogP contribution in [0.2, 0.25) is 0 Å². The summed E-state index contributed by atoms with van der Waals surface area (Å²) in [6.07, 6.45) is 14.5. The van der Waals surface area contributed by atoms with Crippen molar-refractivity contribution in [1.82, 2.24) is 5.32 Å². The molecule has 2 aliphatic heterocycles. The second-order valence-electron chi connectivity index (χ2n) is 6.39. The summed E-state index contributed by atoms with van der Waals surface area (Å²) in [4.78, 5) is 0. The molecule has 2 bridgehead atoms. The molecule has 1 heteroatoms. The number of hydrogen-bond donors (Lipinski definition) is 1. The summed E-state index contributed by atoms with van der Waals surface area (Å²) in [5, 5.41) is 3.66. The van der Waals surface area contributed by atoms with Crippen LogP contribution in [0.3, 0.4) is 0 Å². The Morgan fingerprint density at radius 1 is 1.05 bits per heavy atom. The van der Waals surface area contributed by atoms with Gasteiger partial charge < -0.3 is 5.32 Å².